The first-order valence-corrected chi connectivity index (χ1v) is 5.03. The third-order valence-corrected chi connectivity index (χ3v) is 2.47. The second-order valence-electron chi connectivity index (χ2n) is 3.54. The maximum absolute atomic E-state index is 10.6. The SMILES string of the molecule is CCc1nc2cc([N+](=O)[O-])ccc2nc1C. The zero-order valence-corrected chi connectivity index (χ0v) is 9.10. The number of benzene rings is 1. The van der Waals surface area contributed by atoms with Gasteiger partial charge < -0.3 is 0 Å². The summed E-state index contributed by atoms with van der Waals surface area (Å²) in [7, 11) is 0. The molecule has 5 heteroatoms. The van der Waals surface area contributed by atoms with Crippen LogP contribution in [-0.4, -0.2) is 14.9 Å². The third-order valence-electron chi connectivity index (χ3n) is 2.47. The van der Waals surface area contributed by atoms with Crippen molar-refractivity contribution in [3.63, 3.8) is 0 Å². The van der Waals surface area contributed by atoms with Gasteiger partial charge in [0.25, 0.3) is 5.69 Å². The van der Waals surface area contributed by atoms with Gasteiger partial charge in [0.05, 0.1) is 27.3 Å². The first-order chi connectivity index (χ1) is 7.61. The summed E-state index contributed by atoms with van der Waals surface area (Å²) in [6.07, 6.45) is 0.775. The molecule has 0 aliphatic rings. The van der Waals surface area contributed by atoms with E-state index in [1.807, 2.05) is 13.8 Å². The monoisotopic (exact) mass is 217 g/mol. The molecule has 0 fully saturated rings. The fraction of sp³-hybridized carbons (Fsp3) is 0.273. The lowest BCUT2D eigenvalue weighted by molar-refractivity contribution is -0.384. The summed E-state index contributed by atoms with van der Waals surface area (Å²) < 4.78 is 0. The second kappa shape index (κ2) is 3.84. The molecular formula is C11H11N3O2. The minimum atomic E-state index is -0.424. The number of aromatic nitrogens is 2. The Labute approximate surface area is 92.3 Å². The van der Waals surface area contributed by atoms with Crippen molar-refractivity contribution in [3.05, 3.63) is 39.7 Å². The third kappa shape index (κ3) is 1.71. The predicted octanol–water partition coefficient (Wildman–Crippen LogP) is 2.41. The molecular weight excluding hydrogens is 206 g/mol. The number of rotatable bonds is 2. The van der Waals surface area contributed by atoms with Gasteiger partial charge in [0.15, 0.2) is 0 Å². The van der Waals surface area contributed by atoms with Crippen LogP contribution < -0.4 is 0 Å². The Bertz CT molecular complexity index is 566. The molecule has 0 unspecified atom stereocenters. The van der Waals surface area contributed by atoms with Crippen molar-refractivity contribution < 1.29 is 4.92 Å². The van der Waals surface area contributed by atoms with Crippen LogP contribution in [0.5, 0.6) is 0 Å². The Balaban J connectivity index is 2.68. The van der Waals surface area contributed by atoms with E-state index in [2.05, 4.69) is 9.97 Å². The molecule has 2 rings (SSSR count). The lowest BCUT2D eigenvalue weighted by Crippen LogP contribution is -1.97. The van der Waals surface area contributed by atoms with Crippen molar-refractivity contribution in [2.75, 3.05) is 0 Å². The molecule has 0 atom stereocenters. The summed E-state index contributed by atoms with van der Waals surface area (Å²) in [5.41, 5.74) is 3.08. The maximum Gasteiger partial charge on any atom is 0.271 e. The second-order valence-corrected chi connectivity index (χ2v) is 3.54. The molecule has 0 N–H and O–H groups in total. The van der Waals surface area contributed by atoms with Crippen LogP contribution in [0.15, 0.2) is 18.2 Å². The molecule has 5 nitrogen and oxygen atoms in total. The number of nitro benzene ring substituents is 1. The summed E-state index contributed by atoms with van der Waals surface area (Å²) in [5.74, 6) is 0. The number of non-ortho nitro benzene ring substituents is 1. The van der Waals surface area contributed by atoms with Crippen LogP contribution in [0.4, 0.5) is 5.69 Å². The Morgan fingerprint density at radius 1 is 1.31 bits per heavy atom. The molecule has 0 saturated carbocycles. The van der Waals surface area contributed by atoms with Crippen LogP contribution in [-0.2, 0) is 6.42 Å². The number of hydrogen-bond donors (Lipinski definition) is 0. The fourth-order valence-electron chi connectivity index (χ4n) is 1.62. The highest BCUT2D eigenvalue weighted by molar-refractivity contribution is 5.77. The fourth-order valence-corrected chi connectivity index (χ4v) is 1.62. The zero-order valence-electron chi connectivity index (χ0n) is 9.10. The first kappa shape index (κ1) is 10.5. The van der Waals surface area contributed by atoms with Crippen molar-refractivity contribution in [3.8, 4) is 0 Å². The molecule has 0 aliphatic heterocycles. The Morgan fingerprint density at radius 3 is 2.69 bits per heavy atom. The van der Waals surface area contributed by atoms with Crippen molar-refractivity contribution in [1.29, 1.82) is 0 Å². The summed E-state index contributed by atoms with van der Waals surface area (Å²) in [6, 6.07) is 4.54. The van der Waals surface area contributed by atoms with Crippen LogP contribution >= 0.6 is 0 Å². The van der Waals surface area contributed by atoms with Gasteiger partial charge in [-0.15, -0.1) is 0 Å². The first-order valence-electron chi connectivity index (χ1n) is 5.03. The molecule has 2 aromatic rings. The summed E-state index contributed by atoms with van der Waals surface area (Å²) >= 11 is 0. The molecule has 1 aromatic heterocycles. The average Bonchev–Trinajstić information content (AvgIpc) is 2.27. The van der Waals surface area contributed by atoms with Crippen molar-refractivity contribution >= 4 is 16.7 Å². The van der Waals surface area contributed by atoms with Crippen molar-refractivity contribution in [2.24, 2.45) is 0 Å². The van der Waals surface area contributed by atoms with Gasteiger partial charge in [-0.1, -0.05) is 6.92 Å². The number of nitro groups is 1. The molecule has 1 heterocycles. The highest BCUT2D eigenvalue weighted by Crippen LogP contribution is 2.19. The van der Waals surface area contributed by atoms with Gasteiger partial charge >= 0.3 is 0 Å². The molecule has 82 valence electrons. The van der Waals surface area contributed by atoms with Gasteiger partial charge in [0.2, 0.25) is 0 Å². The van der Waals surface area contributed by atoms with Gasteiger partial charge in [-0.05, 0) is 19.4 Å². The molecule has 0 saturated heterocycles. The molecule has 16 heavy (non-hydrogen) atoms. The Morgan fingerprint density at radius 2 is 2.06 bits per heavy atom. The topological polar surface area (TPSA) is 68.9 Å². The lowest BCUT2D eigenvalue weighted by atomic mass is 10.2. The van der Waals surface area contributed by atoms with Gasteiger partial charge in [-0.25, -0.2) is 9.97 Å². The van der Waals surface area contributed by atoms with E-state index in [0.717, 1.165) is 17.8 Å². The zero-order chi connectivity index (χ0) is 11.7. The maximum atomic E-state index is 10.6. The van der Waals surface area contributed by atoms with Crippen molar-refractivity contribution in [2.45, 2.75) is 20.3 Å². The van der Waals surface area contributed by atoms with Crippen LogP contribution in [0.1, 0.15) is 18.3 Å². The molecule has 0 aliphatic carbocycles. The molecule has 0 radical (unpaired) electrons. The van der Waals surface area contributed by atoms with E-state index in [1.54, 1.807) is 6.07 Å². The minimum absolute atomic E-state index is 0.0488. The Hall–Kier alpha value is -2.04. The van der Waals surface area contributed by atoms with Crippen molar-refractivity contribution in [1.82, 2.24) is 9.97 Å². The number of fused-ring (bicyclic) bond motifs is 1. The molecule has 0 amide bonds. The van der Waals surface area contributed by atoms with E-state index in [1.165, 1.54) is 12.1 Å². The molecule has 0 bridgehead atoms. The van der Waals surface area contributed by atoms with Crippen LogP contribution in [0.25, 0.3) is 11.0 Å². The highest BCUT2D eigenvalue weighted by atomic mass is 16.6. The van der Waals surface area contributed by atoms with E-state index >= 15 is 0 Å². The lowest BCUT2D eigenvalue weighted by Gasteiger charge is -2.03. The number of nitrogens with zero attached hydrogens (tertiary/aromatic N) is 3. The smallest absolute Gasteiger partial charge is 0.258 e. The van der Waals surface area contributed by atoms with Gasteiger partial charge in [0.1, 0.15) is 0 Å². The van der Waals surface area contributed by atoms with Gasteiger partial charge in [-0.2, -0.15) is 0 Å². The van der Waals surface area contributed by atoms with Crippen LogP contribution in [0.2, 0.25) is 0 Å². The molecule has 0 spiro atoms. The highest BCUT2D eigenvalue weighted by Gasteiger charge is 2.09. The predicted molar refractivity (Wildman–Crippen MR) is 60.3 cm³/mol. The summed E-state index contributed by atoms with van der Waals surface area (Å²) in [4.78, 5) is 18.9. The summed E-state index contributed by atoms with van der Waals surface area (Å²) in [6.45, 7) is 3.88. The van der Waals surface area contributed by atoms with Crippen LogP contribution in [0, 0.1) is 17.0 Å². The number of aryl methyl sites for hydroxylation is 2. The Kier molecular flexibility index (Phi) is 2.52. The largest absolute Gasteiger partial charge is 0.271 e. The van der Waals surface area contributed by atoms with E-state index in [4.69, 9.17) is 0 Å². The normalized spacial score (nSPS) is 10.6. The standard InChI is InChI=1S/C11H11N3O2/c1-3-9-7(2)12-10-5-4-8(14(15)16)6-11(10)13-9/h4-6H,3H2,1-2H3. The van der Waals surface area contributed by atoms with E-state index in [9.17, 15) is 10.1 Å². The van der Waals surface area contributed by atoms with E-state index in [0.29, 0.717) is 11.0 Å². The average molecular weight is 217 g/mol. The summed E-state index contributed by atoms with van der Waals surface area (Å²) in [5, 5.41) is 10.6. The van der Waals surface area contributed by atoms with E-state index in [-0.39, 0.29) is 5.69 Å². The van der Waals surface area contributed by atoms with Crippen LogP contribution in [0.3, 0.4) is 0 Å². The van der Waals surface area contributed by atoms with Gasteiger partial charge in [-0.3, -0.25) is 10.1 Å². The molecule has 1 aromatic carbocycles. The quantitative estimate of drug-likeness (QED) is 0.572. The number of hydrogen-bond acceptors (Lipinski definition) is 4. The van der Waals surface area contributed by atoms with E-state index < -0.39 is 4.92 Å². The van der Waals surface area contributed by atoms with Gasteiger partial charge in [0, 0.05) is 12.1 Å². The minimum Gasteiger partial charge on any atom is -0.258 e.